The molecule has 0 aliphatic rings. The lowest BCUT2D eigenvalue weighted by Gasteiger charge is -2.06. The van der Waals surface area contributed by atoms with Gasteiger partial charge >= 0.3 is 0 Å². The van der Waals surface area contributed by atoms with Gasteiger partial charge in [-0.1, -0.05) is 24.3 Å². The van der Waals surface area contributed by atoms with Crippen LogP contribution in [0.1, 0.15) is 12.6 Å². The summed E-state index contributed by atoms with van der Waals surface area (Å²) in [5.74, 6) is -1.72. The molecule has 0 bridgehead atoms. The number of hydrogen-bond acceptors (Lipinski definition) is 2. The van der Waals surface area contributed by atoms with Crippen LogP contribution in [0, 0.1) is 11.6 Å². The number of rotatable bonds is 4. The van der Waals surface area contributed by atoms with Crippen LogP contribution in [0.4, 0.5) is 14.5 Å². The van der Waals surface area contributed by atoms with E-state index in [0.29, 0.717) is 6.54 Å². The second-order valence-electron chi connectivity index (χ2n) is 4.73. The van der Waals surface area contributed by atoms with Gasteiger partial charge in [0, 0.05) is 11.9 Å². The Morgan fingerprint density at radius 2 is 1.90 bits per heavy atom. The molecule has 0 fully saturated rings. The Labute approximate surface area is 121 Å². The van der Waals surface area contributed by atoms with E-state index in [2.05, 4.69) is 10.4 Å². The van der Waals surface area contributed by atoms with Gasteiger partial charge in [0.2, 0.25) is 0 Å². The number of fused-ring (bicyclic) bond motifs is 1. The predicted molar refractivity (Wildman–Crippen MR) is 79.1 cm³/mol. The van der Waals surface area contributed by atoms with Crippen molar-refractivity contribution in [2.45, 2.75) is 20.0 Å². The van der Waals surface area contributed by atoms with E-state index in [4.69, 9.17) is 0 Å². The third kappa shape index (κ3) is 2.46. The zero-order valence-electron chi connectivity index (χ0n) is 11.6. The van der Waals surface area contributed by atoms with E-state index in [9.17, 15) is 8.78 Å². The number of anilines is 1. The fraction of sp³-hybridized carbons (Fsp3) is 0.188. The van der Waals surface area contributed by atoms with Crippen molar-refractivity contribution < 1.29 is 8.78 Å². The maximum Gasteiger partial charge on any atom is 0.181 e. The number of hydrogen-bond donors (Lipinski definition) is 1. The molecule has 3 nitrogen and oxygen atoms in total. The van der Waals surface area contributed by atoms with Crippen molar-refractivity contribution in [2.75, 3.05) is 5.32 Å². The number of nitrogens with zero attached hydrogens (tertiary/aromatic N) is 2. The summed E-state index contributed by atoms with van der Waals surface area (Å²) in [7, 11) is 0. The summed E-state index contributed by atoms with van der Waals surface area (Å²) in [6.45, 7) is 3.12. The van der Waals surface area contributed by atoms with Crippen molar-refractivity contribution in [1.82, 2.24) is 9.78 Å². The SMILES string of the molecule is CCn1nc(CNc2cccc(F)c2F)c2ccccc21. The molecular weight excluding hydrogens is 272 g/mol. The number of aromatic nitrogens is 2. The van der Waals surface area contributed by atoms with E-state index in [1.165, 1.54) is 12.1 Å². The maximum atomic E-state index is 13.6. The molecule has 21 heavy (non-hydrogen) atoms. The summed E-state index contributed by atoms with van der Waals surface area (Å²) < 4.78 is 28.7. The molecule has 1 N–H and O–H groups in total. The Hall–Kier alpha value is -2.43. The van der Waals surface area contributed by atoms with Gasteiger partial charge in [-0.15, -0.1) is 0 Å². The first-order valence-electron chi connectivity index (χ1n) is 6.83. The highest BCUT2D eigenvalue weighted by molar-refractivity contribution is 5.82. The lowest BCUT2D eigenvalue weighted by molar-refractivity contribution is 0.511. The Kier molecular flexibility index (Phi) is 3.56. The molecular formula is C16H15F2N3. The molecule has 3 rings (SSSR count). The largest absolute Gasteiger partial charge is 0.377 e. The Morgan fingerprint density at radius 3 is 2.71 bits per heavy atom. The molecule has 0 saturated carbocycles. The second kappa shape index (κ2) is 5.52. The number of aryl methyl sites for hydroxylation is 1. The van der Waals surface area contributed by atoms with Crippen LogP contribution >= 0.6 is 0 Å². The number of halogens is 2. The first kappa shape index (κ1) is 13.5. The van der Waals surface area contributed by atoms with Crippen LogP contribution in [0.25, 0.3) is 10.9 Å². The van der Waals surface area contributed by atoms with Gasteiger partial charge in [0.05, 0.1) is 23.4 Å². The molecule has 0 saturated heterocycles. The zero-order valence-corrected chi connectivity index (χ0v) is 11.6. The van der Waals surface area contributed by atoms with E-state index in [0.717, 1.165) is 29.2 Å². The highest BCUT2D eigenvalue weighted by Crippen LogP contribution is 2.21. The van der Waals surface area contributed by atoms with Gasteiger partial charge in [0.15, 0.2) is 11.6 Å². The summed E-state index contributed by atoms with van der Waals surface area (Å²) in [4.78, 5) is 0. The quantitative estimate of drug-likeness (QED) is 0.787. The average Bonchev–Trinajstić information content (AvgIpc) is 2.87. The van der Waals surface area contributed by atoms with E-state index < -0.39 is 11.6 Å². The molecule has 0 unspecified atom stereocenters. The number of para-hydroxylation sites is 1. The van der Waals surface area contributed by atoms with Crippen molar-refractivity contribution in [3.05, 3.63) is 59.8 Å². The summed E-state index contributed by atoms with van der Waals surface area (Å²) >= 11 is 0. The van der Waals surface area contributed by atoms with Crippen molar-refractivity contribution in [1.29, 1.82) is 0 Å². The Morgan fingerprint density at radius 1 is 1.10 bits per heavy atom. The molecule has 0 atom stereocenters. The average molecular weight is 287 g/mol. The molecule has 0 aliphatic carbocycles. The van der Waals surface area contributed by atoms with Crippen LogP contribution in [0.2, 0.25) is 0 Å². The molecule has 2 aromatic carbocycles. The molecule has 3 aromatic rings. The number of benzene rings is 2. The zero-order chi connectivity index (χ0) is 14.8. The fourth-order valence-corrected chi connectivity index (χ4v) is 2.39. The minimum Gasteiger partial charge on any atom is -0.377 e. The maximum absolute atomic E-state index is 13.6. The monoisotopic (exact) mass is 287 g/mol. The molecule has 0 aliphatic heterocycles. The third-order valence-corrected chi connectivity index (χ3v) is 3.43. The summed E-state index contributed by atoms with van der Waals surface area (Å²) in [5, 5.41) is 8.44. The van der Waals surface area contributed by atoms with Crippen molar-refractivity contribution in [3.63, 3.8) is 0 Å². The van der Waals surface area contributed by atoms with E-state index in [1.807, 2.05) is 35.9 Å². The van der Waals surface area contributed by atoms with Gasteiger partial charge < -0.3 is 5.32 Å². The van der Waals surface area contributed by atoms with Crippen molar-refractivity contribution in [3.8, 4) is 0 Å². The van der Waals surface area contributed by atoms with E-state index >= 15 is 0 Å². The summed E-state index contributed by atoms with van der Waals surface area (Å²) in [6, 6.07) is 12.0. The highest BCUT2D eigenvalue weighted by Gasteiger charge is 2.11. The lowest BCUT2D eigenvalue weighted by atomic mass is 10.2. The Bertz CT molecular complexity index is 780. The normalized spacial score (nSPS) is 11.0. The topological polar surface area (TPSA) is 29.9 Å². The predicted octanol–water partition coefficient (Wildman–Crippen LogP) is 3.95. The molecule has 108 valence electrons. The van der Waals surface area contributed by atoms with Crippen LogP contribution in [-0.2, 0) is 13.1 Å². The lowest BCUT2D eigenvalue weighted by Crippen LogP contribution is -2.04. The number of nitrogens with one attached hydrogen (secondary N) is 1. The van der Waals surface area contributed by atoms with E-state index in [1.54, 1.807) is 0 Å². The fourth-order valence-electron chi connectivity index (χ4n) is 2.39. The van der Waals surface area contributed by atoms with Crippen LogP contribution < -0.4 is 5.32 Å². The van der Waals surface area contributed by atoms with Crippen molar-refractivity contribution >= 4 is 16.6 Å². The van der Waals surface area contributed by atoms with E-state index in [-0.39, 0.29) is 5.69 Å². The first-order valence-corrected chi connectivity index (χ1v) is 6.83. The van der Waals surface area contributed by atoms with Crippen LogP contribution in [-0.4, -0.2) is 9.78 Å². The second-order valence-corrected chi connectivity index (χ2v) is 4.73. The minimum atomic E-state index is -0.864. The minimum absolute atomic E-state index is 0.144. The summed E-state index contributed by atoms with van der Waals surface area (Å²) in [6.07, 6.45) is 0. The van der Waals surface area contributed by atoms with Crippen LogP contribution in [0.3, 0.4) is 0 Å². The third-order valence-electron chi connectivity index (χ3n) is 3.43. The van der Waals surface area contributed by atoms with Gasteiger partial charge in [-0.2, -0.15) is 5.10 Å². The van der Waals surface area contributed by atoms with Crippen molar-refractivity contribution in [2.24, 2.45) is 0 Å². The molecule has 0 spiro atoms. The summed E-state index contributed by atoms with van der Waals surface area (Å²) in [5.41, 5.74) is 2.00. The van der Waals surface area contributed by atoms with Gasteiger partial charge in [-0.3, -0.25) is 4.68 Å². The Balaban J connectivity index is 1.90. The molecule has 0 amide bonds. The molecule has 5 heteroatoms. The van der Waals surface area contributed by atoms with Crippen LogP contribution in [0.5, 0.6) is 0 Å². The van der Waals surface area contributed by atoms with Gasteiger partial charge in [-0.25, -0.2) is 8.78 Å². The first-order chi connectivity index (χ1) is 10.2. The smallest absolute Gasteiger partial charge is 0.181 e. The van der Waals surface area contributed by atoms with Gasteiger partial charge in [0.25, 0.3) is 0 Å². The highest BCUT2D eigenvalue weighted by atomic mass is 19.2. The van der Waals surface area contributed by atoms with Gasteiger partial charge in [0.1, 0.15) is 0 Å². The standard InChI is InChI=1S/C16H15F2N3/c1-2-21-15-9-4-3-6-11(15)14(20-21)10-19-13-8-5-7-12(17)16(13)18/h3-9,19H,2,10H2,1H3. The molecule has 1 heterocycles. The molecule has 0 radical (unpaired) electrons. The molecule has 1 aromatic heterocycles. The van der Waals surface area contributed by atoms with Gasteiger partial charge in [-0.05, 0) is 25.1 Å². The van der Waals surface area contributed by atoms with Crippen LogP contribution in [0.15, 0.2) is 42.5 Å².